The molecule has 0 spiro atoms. The molecule has 2 N–H and O–H groups in total. The number of aromatic nitrogens is 2. The third kappa shape index (κ3) is 5.40. The maximum atomic E-state index is 12.0. The zero-order valence-electron chi connectivity index (χ0n) is 8.07. The Bertz CT molecular complexity index is 395. The van der Waals surface area contributed by atoms with Crippen molar-refractivity contribution in [3.63, 3.8) is 0 Å². The highest BCUT2D eigenvalue weighted by molar-refractivity contribution is 5.66. The highest BCUT2D eigenvalue weighted by Gasteiger charge is 1.93. The van der Waals surface area contributed by atoms with Crippen LogP contribution in [0.15, 0.2) is 21.9 Å². The van der Waals surface area contributed by atoms with Gasteiger partial charge in [0.05, 0.1) is 0 Å². The highest BCUT2D eigenvalue weighted by Crippen LogP contribution is 1.82. The Balaban J connectivity index is 0.000000288. The van der Waals surface area contributed by atoms with Gasteiger partial charge in [-0.05, 0) is 6.42 Å². The van der Waals surface area contributed by atoms with Gasteiger partial charge in [-0.1, -0.05) is 16.2 Å². The van der Waals surface area contributed by atoms with Crippen LogP contribution in [0.25, 0.3) is 0 Å². The molecule has 1 rings (SSSR count). The van der Waals surface area contributed by atoms with E-state index in [2.05, 4.69) is 0 Å². The van der Waals surface area contributed by atoms with Gasteiger partial charge in [-0.3, -0.25) is 9.59 Å². The normalized spacial score (nSPS) is 8.93. The molecular formula is C8H11FN2O4. The molecule has 15 heavy (non-hydrogen) atoms. The molecule has 0 amide bonds. The third-order valence-electron chi connectivity index (χ3n) is 1.27. The predicted molar refractivity (Wildman–Crippen MR) is 50.4 cm³/mol. The number of aliphatic carboxylic acids is 1. The summed E-state index contributed by atoms with van der Waals surface area (Å²) in [6.45, 7) is 1.84. The number of carbonyl (C=O) groups is 1. The third-order valence-corrected chi connectivity index (χ3v) is 1.27. The summed E-state index contributed by atoms with van der Waals surface area (Å²) in [4.78, 5) is 31.5. The van der Waals surface area contributed by atoms with Gasteiger partial charge in [-0.25, -0.2) is 4.79 Å². The van der Waals surface area contributed by atoms with Gasteiger partial charge in [0.25, 0.3) is 5.56 Å². The molecule has 0 bridgehead atoms. The van der Waals surface area contributed by atoms with Crippen LogP contribution in [0.5, 0.6) is 0 Å². The number of aromatic amines is 1. The molecule has 1 heterocycles. The standard InChI is InChI=1S/C4H3FN2O2.C4H8O2/c5-7-3(8)1-2-6-4(7)9;1-2-3-4(5)6/h1-2H,(H,6,9);2-3H2,1H3,(H,5,6). The summed E-state index contributed by atoms with van der Waals surface area (Å²) < 4.78 is 12.0. The van der Waals surface area contributed by atoms with Crippen molar-refractivity contribution in [1.82, 2.24) is 9.77 Å². The van der Waals surface area contributed by atoms with Crippen LogP contribution in [-0.2, 0) is 4.79 Å². The molecule has 0 saturated carbocycles. The van der Waals surface area contributed by atoms with E-state index in [1.165, 1.54) is 0 Å². The summed E-state index contributed by atoms with van der Waals surface area (Å²) in [6.07, 6.45) is 2.11. The van der Waals surface area contributed by atoms with Crippen molar-refractivity contribution in [2.24, 2.45) is 0 Å². The number of hydrogen-bond acceptors (Lipinski definition) is 3. The monoisotopic (exact) mass is 218 g/mol. The van der Waals surface area contributed by atoms with Crippen molar-refractivity contribution in [3.8, 4) is 0 Å². The number of carboxylic acids is 1. The maximum absolute atomic E-state index is 12.0. The molecule has 1 aromatic rings. The molecule has 0 radical (unpaired) electrons. The molecule has 0 aromatic carbocycles. The number of rotatable bonds is 2. The molecule has 84 valence electrons. The van der Waals surface area contributed by atoms with Gasteiger partial charge in [0.1, 0.15) is 0 Å². The van der Waals surface area contributed by atoms with Crippen LogP contribution in [-0.4, -0.2) is 20.8 Å². The average molecular weight is 218 g/mol. The van der Waals surface area contributed by atoms with Crippen molar-refractivity contribution >= 4 is 5.97 Å². The Morgan fingerprint density at radius 1 is 1.60 bits per heavy atom. The fourth-order valence-corrected chi connectivity index (χ4v) is 0.620. The number of hydrogen-bond donors (Lipinski definition) is 2. The van der Waals surface area contributed by atoms with Crippen molar-refractivity contribution < 1.29 is 14.4 Å². The van der Waals surface area contributed by atoms with E-state index in [0.717, 1.165) is 18.7 Å². The molecule has 1 aromatic heterocycles. The van der Waals surface area contributed by atoms with E-state index < -0.39 is 22.0 Å². The number of halogens is 1. The second-order valence-corrected chi connectivity index (χ2v) is 2.55. The van der Waals surface area contributed by atoms with Crippen LogP contribution < -0.4 is 11.2 Å². The molecule has 0 saturated heterocycles. The lowest BCUT2D eigenvalue weighted by atomic mass is 10.4. The average Bonchev–Trinajstić information content (AvgIpc) is 2.15. The lowest BCUT2D eigenvalue weighted by Crippen LogP contribution is -2.28. The summed E-state index contributed by atoms with van der Waals surface area (Å²) in [7, 11) is 0. The fraction of sp³-hybridized carbons (Fsp3) is 0.375. The molecule has 0 fully saturated rings. The summed E-state index contributed by atoms with van der Waals surface area (Å²) in [5, 5.41) is 7.91. The Labute approximate surface area is 83.9 Å². The Hall–Kier alpha value is -1.92. The zero-order chi connectivity index (χ0) is 11.8. The van der Waals surface area contributed by atoms with E-state index in [-0.39, 0.29) is 0 Å². The number of nitrogens with one attached hydrogen (secondary N) is 1. The van der Waals surface area contributed by atoms with Crippen molar-refractivity contribution in [3.05, 3.63) is 33.1 Å². The number of H-pyrrole nitrogens is 1. The van der Waals surface area contributed by atoms with Gasteiger partial charge >= 0.3 is 11.7 Å². The first-order valence-corrected chi connectivity index (χ1v) is 4.17. The highest BCUT2D eigenvalue weighted by atomic mass is 19.2. The van der Waals surface area contributed by atoms with Crippen molar-refractivity contribution in [2.75, 3.05) is 0 Å². The smallest absolute Gasteiger partial charge is 0.357 e. The van der Waals surface area contributed by atoms with E-state index in [4.69, 9.17) is 5.11 Å². The van der Waals surface area contributed by atoms with E-state index in [9.17, 15) is 18.9 Å². The summed E-state index contributed by atoms with van der Waals surface area (Å²) in [5.41, 5.74) is -2.01. The second kappa shape index (κ2) is 6.52. The molecule has 0 atom stereocenters. The van der Waals surface area contributed by atoms with Gasteiger partial charge in [-0.2, -0.15) is 0 Å². The number of carboxylic acid groups (broad SMARTS) is 1. The SMILES string of the molecule is CCCC(=O)O.O=c1cc[nH]c(=O)n1F. The topological polar surface area (TPSA) is 92.2 Å². The minimum atomic E-state index is -1.05. The van der Waals surface area contributed by atoms with Crippen LogP contribution in [0, 0.1) is 0 Å². The van der Waals surface area contributed by atoms with Crippen LogP contribution in [0.3, 0.4) is 0 Å². The lowest BCUT2D eigenvalue weighted by molar-refractivity contribution is -0.137. The summed E-state index contributed by atoms with van der Waals surface area (Å²) in [6, 6.07) is 0.918. The van der Waals surface area contributed by atoms with E-state index in [1.54, 1.807) is 0 Å². The molecular weight excluding hydrogens is 207 g/mol. The molecule has 6 nitrogen and oxygen atoms in total. The predicted octanol–water partition coefficient (Wildman–Crippen LogP) is 0.140. The quantitative estimate of drug-likeness (QED) is 0.738. The Morgan fingerprint density at radius 3 is 2.47 bits per heavy atom. The fourth-order valence-electron chi connectivity index (χ4n) is 0.620. The Kier molecular flexibility index (Phi) is 5.69. The lowest BCUT2D eigenvalue weighted by Gasteiger charge is -1.83. The minimum Gasteiger partial charge on any atom is -0.481 e. The van der Waals surface area contributed by atoms with Crippen LogP contribution >= 0.6 is 0 Å². The summed E-state index contributed by atoms with van der Waals surface area (Å²) >= 11 is 0. The van der Waals surface area contributed by atoms with Crippen molar-refractivity contribution in [1.29, 1.82) is 0 Å². The van der Waals surface area contributed by atoms with E-state index in [1.807, 2.05) is 11.9 Å². The van der Waals surface area contributed by atoms with Gasteiger partial charge < -0.3 is 10.1 Å². The van der Waals surface area contributed by atoms with Gasteiger partial charge in [0.15, 0.2) is 0 Å². The first-order chi connectivity index (χ1) is 6.99. The van der Waals surface area contributed by atoms with Crippen molar-refractivity contribution in [2.45, 2.75) is 19.8 Å². The molecule has 7 heteroatoms. The van der Waals surface area contributed by atoms with Crippen LogP contribution in [0.1, 0.15) is 19.8 Å². The van der Waals surface area contributed by atoms with Gasteiger partial charge in [-0.15, -0.1) is 0 Å². The minimum absolute atomic E-state index is 0.292. The molecule has 0 aliphatic rings. The Morgan fingerprint density at radius 2 is 2.20 bits per heavy atom. The first-order valence-electron chi connectivity index (χ1n) is 4.17. The first kappa shape index (κ1) is 13.1. The van der Waals surface area contributed by atoms with Crippen LogP contribution in [0.4, 0.5) is 4.48 Å². The van der Waals surface area contributed by atoms with Gasteiger partial charge in [0.2, 0.25) is 0 Å². The van der Waals surface area contributed by atoms with Crippen LogP contribution in [0.2, 0.25) is 0 Å². The molecule has 0 aliphatic carbocycles. The maximum Gasteiger partial charge on any atom is 0.357 e. The summed E-state index contributed by atoms with van der Waals surface area (Å²) in [5.74, 6) is -0.711. The number of nitrogens with zero attached hydrogens (tertiary/aromatic N) is 1. The zero-order valence-corrected chi connectivity index (χ0v) is 8.07. The molecule has 0 aliphatic heterocycles. The van der Waals surface area contributed by atoms with E-state index in [0.29, 0.717) is 6.42 Å². The second-order valence-electron chi connectivity index (χ2n) is 2.55. The van der Waals surface area contributed by atoms with E-state index >= 15 is 0 Å². The molecule has 0 unspecified atom stereocenters. The van der Waals surface area contributed by atoms with Gasteiger partial charge in [0, 0.05) is 18.7 Å². The largest absolute Gasteiger partial charge is 0.481 e.